The molecule has 0 aromatic carbocycles. The molecule has 1 N–H and O–H groups in total. The van der Waals surface area contributed by atoms with E-state index in [4.69, 9.17) is 5.11 Å². The van der Waals surface area contributed by atoms with Gasteiger partial charge in [0, 0.05) is 6.08 Å². The lowest BCUT2D eigenvalue weighted by molar-refractivity contribution is -0.347. The fraction of sp³-hybridized carbons (Fsp3) is 0.727. The number of aliphatic hydroxyl groups is 1. The number of carbonyl (C=O) groups excluding carboxylic acids is 1. The molecular weight excluding hydrogens is 256 g/mol. The molecule has 0 aromatic rings. The van der Waals surface area contributed by atoms with Gasteiger partial charge in [-0.05, 0) is 19.3 Å². The molecule has 7 heteroatoms. The minimum absolute atomic E-state index is 0.0898. The Morgan fingerprint density at radius 2 is 1.83 bits per heavy atom. The Balaban J connectivity index is 2.88. The summed E-state index contributed by atoms with van der Waals surface area (Å²) in [5, 5.41) is 9.02. The van der Waals surface area contributed by atoms with Crippen molar-refractivity contribution < 1.29 is 32.2 Å². The summed E-state index contributed by atoms with van der Waals surface area (Å²) in [5.41, 5.74) is 0. The number of ether oxygens (including phenoxy) is 1. The fourth-order valence-corrected chi connectivity index (χ4v) is 2.08. The van der Waals surface area contributed by atoms with Crippen LogP contribution in [0.4, 0.5) is 17.6 Å². The van der Waals surface area contributed by atoms with Crippen molar-refractivity contribution in [3.05, 3.63) is 12.7 Å². The number of rotatable bonds is 3. The smallest absolute Gasteiger partial charge is 0.448 e. The standard InChI is InChI=1S/C11H14F4O3/c1-2-9(16)18-8-6-4-3-5-7(8)10(12,17)11(13,14)15/h2,7-8,17H,1,3-6H2. The summed E-state index contributed by atoms with van der Waals surface area (Å²) in [6, 6.07) is 0. The van der Waals surface area contributed by atoms with E-state index in [2.05, 4.69) is 11.3 Å². The zero-order chi connectivity index (χ0) is 14.0. The van der Waals surface area contributed by atoms with Gasteiger partial charge in [-0.15, -0.1) is 0 Å². The molecule has 3 nitrogen and oxygen atoms in total. The van der Waals surface area contributed by atoms with E-state index >= 15 is 0 Å². The summed E-state index contributed by atoms with van der Waals surface area (Å²) in [5.74, 6) is -7.07. The summed E-state index contributed by atoms with van der Waals surface area (Å²) in [6.07, 6.45) is -5.16. The highest BCUT2D eigenvalue weighted by atomic mass is 19.4. The molecule has 0 aliphatic heterocycles. The Morgan fingerprint density at radius 3 is 2.33 bits per heavy atom. The van der Waals surface area contributed by atoms with Crippen molar-refractivity contribution in [3.8, 4) is 0 Å². The van der Waals surface area contributed by atoms with Crippen molar-refractivity contribution >= 4 is 5.97 Å². The van der Waals surface area contributed by atoms with Gasteiger partial charge in [0.2, 0.25) is 0 Å². The topological polar surface area (TPSA) is 46.5 Å². The maximum Gasteiger partial charge on any atom is 0.448 e. The molecule has 0 bridgehead atoms. The Hall–Kier alpha value is -1.11. The Bertz CT molecular complexity index is 325. The third-order valence-corrected chi connectivity index (χ3v) is 3.03. The van der Waals surface area contributed by atoms with Gasteiger partial charge in [-0.2, -0.15) is 13.2 Å². The molecule has 1 saturated carbocycles. The molecule has 18 heavy (non-hydrogen) atoms. The Kier molecular flexibility index (Phi) is 4.37. The lowest BCUT2D eigenvalue weighted by Crippen LogP contribution is -2.53. The highest BCUT2D eigenvalue weighted by Gasteiger charge is 2.62. The van der Waals surface area contributed by atoms with Crippen molar-refractivity contribution in [2.45, 2.75) is 43.8 Å². The van der Waals surface area contributed by atoms with Gasteiger partial charge < -0.3 is 9.84 Å². The second kappa shape index (κ2) is 5.26. The summed E-state index contributed by atoms with van der Waals surface area (Å²) in [7, 11) is 0. The van der Waals surface area contributed by atoms with Gasteiger partial charge in [-0.1, -0.05) is 13.0 Å². The van der Waals surface area contributed by atoms with E-state index in [9.17, 15) is 22.4 Å². The average Bonchev–Trinajstić information content (AvgIpc) is 2.28. The summed E-state index contributed by atoms with van der Waals surface area (Å²) in [4.78, 5) is 11.0. The lowest BCUT2D eigenvalue weighted by Gasteiger charge is -2.38. The molecule has 3 atom stereocenters. The van der Waals surface area contributed by atoms with E-state index in [0.29, 0.717) is 12.8 Å². The van der Waals surface area contributed by atoms with Crippen molar-refractivity contribution in [1.29, 1.82) is 0 Å². The van der Waals surface area contributed by atoms with Crippen LogP contribution >= 0.6 is 0 Å². The SMILES string of the molecule is C=CC(=O)OC1CCCCC1C(O)(F)C(F)(F)F. The zero-order valence-electron chi connectivity index (χ0n) is 9.54. The van der Waals surface area contributed by atoms with Crippen molar-refractivity contribution in [2.24, 2.45) is 5.92 Å². The van der Waals surface area contributed by atoms with Crippen LogP contribution in [0.15, 0.2) is 12.7 Å². The maximum atomic E-state index is 13.5. The number of hydrogen-bond acceptors (Lipinski definition) is 3. The molecule has 1 aliphatic rings. The normalized spacial score (nSPS) is 28.3. The van der Waals surface area contributed by atoms with Crippen LogP contribution in [0.1, 0.15) is 25.7 Å². The van der Waals surface area contributed by atoms with E-state index in [1.807, 2.05) is 0 Å². The molecule has 0 aromatic heterocycles. The van der Waals surface area contributed by atoms with Crippen LogP contribution in [0.25, 0.3) is 0 Å². The van der Waals surface area contributed by atoms with Crippen molar-refractivity contribution in [3.63, 3.8) is 0 Å². The minimum atomic E-state index is -5.41. The number of hydrogen-bond donors (Lipinski definition) is 1. The van der Waals surface area contributed by atoms with Crippen molar-refractivity contribution in [1.82, 2.24) is 0 Å². The molecule has 1 fully saturated rings. The van der Waals surface area contributed by atoms with Gasteiger partial charge in [0.15, 0.2) is 0 Å². The van der Waals surface area contributed by atoms with Gasteiger partial charge in [0.25, 0.3) is 0 Å². The number of carbonyl (C=O) groups is 1. The van der Waals surface area contributed by atoms with Gasteiger partial charge in [-0.25, -0.2) is 9.18 Å². The maximum absolute atomic E-state index is 13.5. The first-order chi connectivity index (χ1) is 8.20. The predicted octanol–water partition coefficient (Wildman–Crippen LogP) is 2.49. The van der Waals surface area contributed by atoms with Gasteiger partial charge in [0.05, 0.1) is 5.92 Å². The predicted molar refractivity (Wildman–Crippen MR) is 54.1 cm³/mol. The van der Waals surface area contributed by atoms with E-state index < -0.39 is 30.0 Å². The summed E-state index contributed by atoms with van der Waals surface area (Å²) in [6.45, 7) is 3.11. The highest BCUT2D eigenvalue weighted by Crippen LogP contribution is 2.44. The fourth-order valence-electron chi connectivity index (χ4n) is 2.08. The summed E-state index contributed by atoms with van der Waals surface area (Å²) < 4.78 is 55.5. The summed E-state index contributed by atoms with van der Waals surface area (Å²) >= 11 is 0. The van der Waals surface area contributed by atoms with Crippen LogP contribution in [0.5, 0.6) is 0 Å². The molecule has 0 spiro atoms. The van der Waals surface area contributed by atoms with Crippen LogP contribution < -0.4 is 0 Å². The lowest BCUT2D eigenvalue weighted by atomic mass is 9.81. The van der Waals surface area contributed by atoms with Crippen LogP contribution in [-0.4, -0.2) is 29.2 Å². The van der Waals surface area contributed by atoms with Gasteiger partial charge >= 0.3 is 18.0 Å². The van der Waals surface area contributed by atoms with Crippen LogP contribution in [0.2, 0.25) is 0 Å². The second-order valence-corrected chi connectivity index (χ2v) is 4.24. The first-order valence-electron chi connectivity index (χ1n) is 5.51. The van der Waals surface area contributed by atoms with E-state index in [1.165, 1.54) is 0 Å². The third-order valence-electron chi connectivity index (χ3n) is 3.03. The van der Waals surface area contributed by atoms with Crippen LogP contribution in [-0.2, 0) is 9.53 Å². The number of alkyl halides is 4. The monoisotopic (exact) mass is 270 g/mol. The molecule has 104 valence electrons. The Labute approximate surface area is 101 Å². The second-order valence-electron chi connectivity index (χ2n) is 4.24. The largest absolute Gasteiger partial charge is 0.459 e. The van der Waals surface area contributed by atoms with E-state index in [-0.39, 0.29) is 12.8 Å². The van der Waals surface area contributed by atoms with E-state index in [0.717, 1.165) is 6.08 Å². The van der Waals surface area contributed by atoms with Crippen LogP contribution in [0, 0.1) is 5.92 Å². The third kappa shape index (κ3) is 3.01. The molecule has 1 aliphatic carbocycles. The van der Waals surface area contributed by atoms with Gasteiger partial charge in [-0.3, -0.25) is 0 Å². The molecule has 0 radical (unpaired) electrons. The highest BCUT2D eigenvalue weighted by molar-refractivity contribution is 5.81. The zero-order valence-corrected chi connectivity index (χ0v) is 9.54. The molecular formula is C11H14F4O3. The van der Waals surface area contributed by atoms with Crippen LogP contribution in [0.3, 0.4) is 0 Å². The average molecular weight is 270 g/mol. The number of halogens is 4. The first-order valence-corrected chi connectivity index (χ1v) is 5.51. The Morgan fingerprint density at radius 1 is 1.28 bits per heavy atom. The molecule has 0 amide bonds. The first kappa shape index (κ1) is 14.9. The van der Waals surface area contributed by atoms with Crippen molar-refractivity contribution in [2.75, 3.05) is 0 Å². The molecule has 3 unspecified atom stereocenters. The van der Waals surface area contributed by atoms with Gasteiger partial charge in [0.1, 0.15) is 6.10 Å². The molecule has 0 heterocycles. The number of esters is 1. The quantitative estimate of drug-likeness (QED) is 0.487. The minimum Gasteiger partial charge on any atom is -0.459 e. The molecule has 0 saturated heterocycles. The van der Waals surface area contributed by atoms with E-state index in [1.54, 1.807) is 0 Å². The molecule has 1 rings (SSSR count).